The molecular formula is C19H22BrN. The zero-order chi connectivity index (χ0) is 14.8. The van der Waals surface area contributed by atoms with Crippen LogP contribution < -0.4 is 5.32 Å². The highest BCUT2D eigenvalue weighted by Gasteiger charge is 2.12. The first-order chi connectivity index (χ1) is 10.1. The number of hydrogen-bond donors (Lipinski definition) is 1. The molecule has 1 aliphatic carbocycles. The van der Waals surface area contributed by atoms with Crippen molar-refractivity contribution in [2.75, 3.05) is 5.32 Å². The first-order valence-corrected chi connectivity index (χ1v) is 8.57. The summed E-state index contributed by atoms with van der Waals surface area (Å²) in [6, 6.07) is 13.8. The minimum atomic E-state index is 0.331. The highest BCUT2D eigenvalue weighted by molar-refractivity contribution is 9.10. The normalized spacial score (nSPS) is 15.4. The Morgan fingerprint density at radius 2 is 1.76 bits per heavy atom. The maximum absolute atomic E-state index is 3.61. The van der Waals surface area contributed by atoms with Gasteiger partial charge >= 0.3 is 0 Å². The van der Waals surface area contributed by atoms with Crippen LogP contribution in [-0.2, 0) is 12.8 Å². The van der Waals surface area contributed by atoms with E-state index < -0.39 is 0 Å². The number of halogens is 1. The number of fused-ring (bicyclic) bond motifs is 1. The van der Waals surface area contributed by atoms with E-state index in [2.05, 4.69) is 71.5 Å². The van der Waals surface area contributed by atoms with E-state index in [4.69, 9.17) is 0 Å². The van der Waals surface area contributed by atoms with E-state index in [1.54, 1.807) is 11.1 Å². The van der Waals surface area contributed by atoms with Crippen LogP contribution in [0.1, 0.15) is 48.1 Å². The van der Waals surface area contributed by atoms with Gasteiger partial charge in [0.15, 0.2) is 0 Å². The molecule has 0 spiro atoms. The molecule has 1 atom stereocenters. The topological polar surface area (TPSA) is 12.0 Å². The maximum atomic E-state index is 3.61. The first kappa shape index (κ1) is 14.6. The Balaban J connectivity index is 1.78. The molecular weight excluding hydrogens is 322 g/mol. The van der Waals surface area contributed by atoms with Crippen LogP contribution in [0.2, 0.25) is 0 Å². The molecule has 110 valence electrons. The Kier molecular flexibility index (Phi) is 4.34. The van der Waals surface area contributed by atoms with Crippen molar-refractivity contribution in [3.05, 3.63) is 63.1 Å². The highest BCUT2D eigenvalue weighted by Crippen LogP contribution is 2.27. The average molecular weight is 344 g/mol. The van der Waals surface area contributed by atoms with Gasteiger partial charge in [-0.15, -0.1) is 0 Å². The van der Waals surface area contributed by atoms with Crippen molar-refractivity contribution in [3.63, 3.8) is 0 Å². The number of benzene rings is 2. The average Bonchev–Trinajstić information content (AvgIpc) is 2.50. The van der Waals surface area contributed by atoms with Crippen molar-refractivity contribution in [2.45, 2.75) is 45.6 Å². The monoisotopic (exact) mass is 343 g/mol. The van der Waals surface area contributed by atoms with E-state index in [9.17, 15) is 0 Å². The number of rotatable bonds is 3. The lowest BCUT2D eigenvalue weighted by Crippen LogP contribution is -2.09. The van der Waals surface area contributed by atoms with E-state index >= 15 is 0 Å². The summed E-state index contributed by atoms with van der Waals surface area (Å²) in [6.45, 7) is 4.36. The molecule has 0 amide bonds. The van der Waals surface area contributed by atoms with Gasteiger partial charge in [-0.3, -0.25) is 0 Å². The fourth-order valence-electron chi connectivity index (χ4n) is 3.09. The molecule has 0 fully saturated rings. The third-order valence-electron chi connectivity index (χ3n) is 4.41. The first-order valence-electron chi connectivity index (χ1n) is 7.78. The van der Waals surface area contributed by atoms with Gasteiger partial charge in [-0.2, -0.15) is 0 Å². The minimum Gasteiger partial charge on any atom is -0.379 e. The Labute approximate surface area is 135 Å². The zero-order valence-corrected chi connectivity index (χ0v) is 14.3. The predicted octanol–water partition coefficient (Wildman–Crippen LogP) is 5.81. The van der Waals surface area contributed by atoms with Gasteiger partial charge in [-0.25, -0.2) is 0 Å². The summed E-state index contributed by atoms with van der Waals surface area (Å²) >= 11 is 3.55. The van der Waals surface area contributed by atoms with Crippen LogP contribution in [0.5, 0.6) is 0 Å². The lowest BCUT2D eigenvalue weighted by Gasteiger charge is -2.21. The molecule has 1 nitrogen and oxygen atoms in total. The van der Waals surface area contributed by atoms with Crippen molar-refractivity contribution < 1.29 is 0 Å². The van der Waals surface area contributed by atoms with Gasteiger partial charge in [0.2, 0.25) is 0 Å². The van der Waals surface area contributed by atoms with Gasteiger partial charge in [0.05, 0.1) is 0 Å². The molecule has 0 aromatic heterocycles. The van der Waals surface area contributed by atoms with Crippen LogP contribution in [0.4, 0.5) is 5.69 Å². The molecule has 0 aliphatic heterocycles. The number of aryl methyl sites for hydroxylation is 3. The highest BCUT2D eigenvalue weighted by atomic mass is 79.9. The second-order valence-corrected chi connectivity index (χ2v) is 6.92. The Bertz CT molecular complexity index is 648. The summed E-state index contributed by atoms with van der Waals surface area (Å²) in [4.78, 5) is 0. The van der Waals surface area contributed by atoms with Gasteiger partial charge in [0, 0.05) is 16.2 Å². The summed E-state index contributed by atoms with van der Waals surface area (Å²) in [5, 5.41) is 3.61. The molecule has 0 heterocycles. The van der Waals surface area contributed by atoms with E-state index in [0.717, 1.165) is 4.47 Å². The molecule has 3 rings (SSSR count). The molecule has 1 unspecified atom stereocenters. The molecule has 0 saturated carbocycles. The van der Waals surface area contributed by atoms with E-state index in [-0.39, 0.29) is 0 Å². The third-order valence-corrected chi connectivity index (χ3v) is 5.30. The Morgan fingerprint density at radius 3 is 2.52 bits per heavy atom. The van der Waals surface area contributed by atoms with E-state index in [0.29, 0.717) is 6.04 Å². The minimum absolute atomic E-state index is 0.331. The van der Waals surface area contributed by atoms with Crippen LogP contribution >= 0.6 is 15.9 Å². The smallest absolute Gasteiger partial charge is 0.0485 e. The van der Waals surface area contributed by atoms with Crippen LogP contribution in [0.3, 0.4) is 0 Å². The molecule has 0 radical (unpaired) electrons. The summed E-state index contributed by atoms with van der Waals surface area (Å²) in [6.07, 6.45) is 5.18. The summed E-state index contributed by atoms with van der Waals surface area (Å²) < 4.78 is 1.16. The van der Waals surface area contributed by atoms with E-state index in [1.165, 1.54) is 42.5 Å². The molecule has 1 N–H and O–H groups in total. The van der Waals surface area contributed by atoms with Crippen molar-refractivity contribution in [1.29, 1.82) is 0 Å². The van der Waals surface area contributed by atoms with Crippen LogP contribution in [-0.4, -0.2) is 0 Å². The molecule has 2 heteroatoms. The summed E-state index contributed by atoms with van der Waals surface area (Å²) in [7, 11) is 0. The lowest BCUT2D eigenvalue weighted by molar-refractivity contribution is 0.683. The predicted molar refractivity (Wildman–Crippen MR) is 94.0 cm³/mol. The maximum Gasteiger partial charge on any atom is 0.0485 e. The Hall–Kier alpha value is -1.28. The summed E-state index contributed by atoms with van der Waals surface area (Å²) in [5.41, 5.74) is 6.94. The number of nitrogens with one attached hydrogen (secondary N) is 1. The zero-order valence-electron chi connectivity index (χ0n) is 12.7. The van der Waals surface area contributed by atoms with Crippen LogP contribution in [0, 0.1) is 6.92 Å². The fraction of sp³-hybridized carbons (Fsp3) is 0.368. The molecule has 2 aromatic rings. The molecule has 21 heavy (non-hydrogen) atoms. The number of anilines is 1. The molecule has 2 aromatic carbocycles. The van der Waals surface area contributed by atoms with Gasteiger partial charge in [0.25, 0.3) is 0 Å². The Morgan fingerprint density at radius 1 is 1.00 bits per heavy atom. The standard InChI is InChI=1S/C19H22BrN/c1-13-11-18(9-10-19(13)20)21-14(2)16-8-7-15-5-3-4-6-17(15)12-16/h7-12,14,21H,3-6H2,1-2H3. The molecule has 0 bridgehead atoms. The largest absolute Gasteiger partial charge is 0.379 e. The third kappa shape index (κ3) is 3.32. The summed E-state index contributed by atoms with van der Waals surface area (Å²) in [5.74, 6) is 0. The quantitative estimate of drug-likeness (QED) is 0.741. The van der Waals surface area contributed by atoms with Gasteiger partial charge < -0.3 is 5.32 Å². The molecule has 0 saturated heterocycles. The molecule has 1 aliphatic rings. The van der Waals surface area contributed by atoms with Crippen LogP contribution in [0.15, 0.2) is 40.9 Å². The van der Waals surface area contributed by atoms with Crippen molar-refractivity contribution in [1.82, 2.24) is 0 Å². The van der Waals surface area contributed by atoms with Gasteiger partial charge in [0.1, 0.15) is 0 Å². The van der Waals surface area contributed by atoms with E-state index in [1.807, 2.05) is 0 Å². The van der Waals surface area contributed by atoms with Crippen LogP contribution in [0.25, 0.3) is 0 Å². The lowest BCUT2D eigenvalue weighted by atomic mass is 9.89. The fourth-order valence-corrected chi connectivity index (χ4v) is 3.34. The second kappa shape index (κ2) is 6.23. The SMILES string of the molecule is Cc1cc(NC(C)c2ccc3c(c2)CCCC3)ccc1Br. The van der Waals surface area contributed by atoms with Gasteiger partial charge in [-0.1, -0.05) is 34.1 Å². The van der Waals surface area contributed by atoms with Gasteiger partial charge in [-0.05, 0) is 80.0 Å². The second-order valence-electron chi connectivity index (χ2n) is 6.07. The van der Waals surface area contributed by atoms with Crippen molar-refractivity contribution in [3.8, 4) is 0 Å². The van der Waals surface area contributed by atoms with Crippen molar-refractivity contribution >= 4 is 21.6 Å². The van der Waals surface area contributed by atoms with Crippen molar-refractivity contribution in [2.24, 2.45) is 0 Å². The number of hydrogen-bond acceptors (Lipinski definition) is 1.